The van der Waals surface area contributed by atoms with Crippen molar-refractivity contribution in [2.24, 2.45) is 0 Å². The molecule has 0 unspecified atom stereocenters. The number of nitro groups is 1. The van der Waals surface area contributed by atoms with E-state index in [-0.39, 0.29) is 11.4 Å². The average Bonchev–Trinajstić information content (AvgIpc) is 2.12. The van der Waals surface area contributed by atoms with Gasteiger partial charge >= 0.3 is 0 Å². The molecule has 0 spiro atoms. The Bertz CT molecular complexity index is 404. The molecular formula is C9H9FN2O3. The van der Waals surface area contributed by atoms with Gasteiger partial charge in [-0.25, -0.2) is 4.39 Å². The van der Waals surface area contributed by atoms with Crippen molar-refractivity contribution in [2.45, 2.75) is 6.10 Å². The molecule has 1 aromatic carbocycles. The zero-order valence-corrected chi connectivity index (χ0v) is 7.76. The molecule has 0 aromatic heterocycles. The lowest BCUT2D eigenvalue weighted by molar-refractivity contribution is -0.384. The molecule has 1 heterocycles. The second kappa shape index (κ2) is 3.47. The van der Waals surface area contributed by atoms with Gasteiger partial charge in [-0.2, -0.15) is 0 Å². The van der Waals surface area contributed by atoms with E-state index in [1.165, 1.54) is 0 Å². The highest BCUT2D eigenvalue weighted by molar-refractivity contribution is 5.64. The number of halogens is 1. The SMILES string of the molecule is O=[N+]([O-])c1ccc(F)cc1N1CC(O)C1. The van der Waals surface area contributed by atoms with Gasteiger partial charge in [-0.15, -0.1) is 0 Å². The van der Waals surface area contributed by atoms with Crippen LogP contribution in [0.4, 0.5) is 15.8 Å². The van der Waals surface area contributed by atoms with Crippen LogP contribution in [0.15, 0.2) is 18.2 Å². The molecule has 0 aliphatic carbocycles. The molecule has 1 aliphatic rings. The zero-order chi connectivity index (χ0) is 11.0. The Labute approximate surface area is 84.9 Å². The predicted octanol–water partition coefficient (Wildman–Crippen LogP) is 0.915. The number of nitro benzene ring substituents is 1. The van der Waals surface area contributed by atoms with Gasteiger partial charge in [0.25, 0.3) is 5.69 Å². The van der Waals surface area contributed by atoms with Crippen molar-refractivity contribution in [3.8, 4) is 0 Å². The summed E-state index contributed by atoms with van der Waals surface area (Å²) < 4.78 is 12.9. The van der Waals surface area contributed by atoms with Gasteiger partial charge in [0.1, 0.15) is 11.5 Å². The number of hydrogen-bond donors (Lipinski definition) is 1. The summed E-state index contributed by atoms with van der Waals surface area (Å²) in [5.41, 5.74) is 0.0913. The van der Waals surface area contributed by atoms with Gasteiger partial charge in [0.2, 0.25) is 0 Å². The Morgan fingerprint density at radius 2 is 2.20 bits per heavy atom. The first-order valence-corrected chi connectivity index (χ1v) is 4.45. The Morgan fingerprint density at radius 3 is 2.73 bits per heavy atom. The lowest BCUT2D eigenvalue weighted by Gasteiger charge is -2.37. The van der Waals surface area contributed by atoms with Crippen LogP contribution in [0.1, 0.15) is 0 Å². The molecule has 0 atom stereocenters. The summed E-state index contributed by atoms with van der Waals surface area (Å²) in [6, 6.07) is 3.30. The molecule has 1 fully saturated rings. The van der Waals surface area contributed by atoms with Gasteiger partial charge in [-0.3, -0.25) is 10.1 Å². The minimum absolute atomic E-state index is 0.136. The van der Waals surface area contributed by atoms with E-state index >= 15 is 0 Å². The maximum Gasteiger partial charge on any atom is 0.292 e. The summed E-state index contributed by atoms with van der Waals surface area (Å²) >= 11 is 0. The van der Waals surface area contributed by atoms with E-state index in [1.54, 1.807) is 4.90 Å². The zero-order valence-electron chi connectivity index (χ0n) is 7.76. The molecule has 1 N–H and O–H groups in total. The number of benzene rings is 1. The van der Waals surface area contributed by atoms with Crippen LogP contribution >= 0.6 is 0 Å². The molecule has 0 radical (unpaired) electrons. The van der Waals surface area contributed by atoms with E-state index < -0.39 is 16.8 Å². The van der Waals surface area contributed by atoms with Gasteiger partial charge in [0.15, 0.2) is 0 Å². The highest BCUT2D eigenvalue weighted by atomic mass is 19.1. The van der Waals surface area contributed by atoms with Crippen LogP contribution in [0.5, 0.6) is 0 Å². The first-order chi connectivity index (χ1) is 7.08. The van der Waals surface area contributed by atoms with E-state index in [2.05, 4.69) is 0 Å². The van der Waals surface area contributed by atoms with Crippen LogP contribution in [-0.4, -0.2) is 29.2 Å². The summed E-state index contributed by atoms with van der Waals surface area (Å²) in [4.78, 5) is 11.7. The van der Waals surface area contributed by atoms with E-state index in [0.29, 0.717) is 13.1 Å². The van der Waals surface area contributed by atoms with E-state index in [9.17, 15) is 14.5 Å². The van der Waals surface area contributed by atoms with Crippen LogP contribution in [0.25, 0.3) is 0 Å². The average molecular weight is 212 g/mol. The Balaban J connectivity index is 2.35. The highest BCUT2D eigenvalue weighted by Crippen LogP contribution is 2.31. The van der Waals surface area contributed by atoms with Crippen molar-refractivity contribution in [3.05, 3.63) is 34.1 Å². The van der Waals surface area contributed by atoms with Gasteiger partial charge in [-0.05, 0) is 6.07 Å². The predicted molar refractivity (Wildman–Crippen MR) is 51.3 cm³/mol. The summed E-state index contributed by atoms with van der Waals surface area (Å²) in [7, 11) is 0. The van der Waals surface area contributed by atoms with Gasteiger partial charge < -0.3 is 10.0 Å². The van der Waals surface area contributed by atoms with Crippen molar-refractivity contribution >= 4 is 11.4 Å². The Morgan fingerprint density at radius 1 is 1.53 bits per heavy atom. The fourth-order valence-corrected chi connectivity index (χ4v) is 1.56. The summed E-state index contributed by atoms with van der Waals surface area (Å²) in [5.74, 6) is -0.517. The number of rotatable bonds is 2. The molecule has 5 nitrogen and oxygen atoms in total. The van der Waals surface area contributed by atoms with Gasteiger partial charge in [0.05, 0.1) is 11.0 Å². The minimum Gasteiger partial charge on any atom is -0.389 e. The number of aliphatic hydroxyl groups is 1. The van der Waals surface area contributed by atoms with Crippen molar-refractivity contribution in [1.29, 1.82) is 0 Å². The molecule has 0 saturated carbocycles. The first kappa shape index (κ1) is 9.85. The van der Waals surface area contributed by atoms with Crippen LogP contribution < -0.4 is 4.90 Å². The number of nitrogens with zero attached hydrogens (tertiary/aromatic N) is 2. The largest absolute Gasteiger partial charge is 0.389 e. The molecule has 15 heavy (non-hydrogen) atoms. The summed E-state index contributed by atoms with van der Waals surface area (Å²) in [5, 5.41) is 19.7. The monoisotopic (exact) mass is 212 g/mol. The molecular weight excluding hydrogens is 203 g/mol. The second-order valence-electron chi connectivity index (χ2n) is 3.45. The molecule has 0 amide bonds. The number of β-amino-alcohol motifs (C(OH)–C–C–N with tert-alkyl or cyclic N) is 1. The van der Waals surface area contributed by atoms with E-state index in [1.807, 2.05) is 0 Å². The van der Waals surface area contributed by atoms with Crippen molar-refractivity contribution in [2.75, 3.05) is 18.0 Å². The first-order valence-electron chi connectivity index (χ1n) is 4.45. The topological polar surface area (TPSA) is 66.6 Å². The van der Waals surface area contributed by atoms with Crippen molar-refractivity contribution in [3.63, 3.8) is 0 Å². The molecule has 0 bridgehead atoms. The Kier molecular flexibility index (Phi) is 2.28. The molecule has 6 heteroatoms. The Hall–Kier alpha value is -1.69. The molecule has 80 valence electrons. The molecule has 1 aliphatic heterocycles. The lowest BCUT2D eigenvalue weighted by atomic mass is 10.1. The normalized spacial score (nSPS) is 16.3. The maximum atomic E-state index is 12.9. The fraction of sp³-hybridized carbons (Fsp3) is 0.333. The number of anilines is 1. The lowest BCUT2D eigenvalue weighted by Crippen LogP contribution is -2.51. The van der Waals surface area contributed by atoms with Crippen molar-refractivity contribution < 1.29 is 14.4 Å². The third-order valence-corrected chi connectivity index (χ3v) is 2.34. The van der Waals surface area contributed by atoms with Crippen LogP contribution in [0.3, 0.4) is 0 Å². The third-order valence-electron chi connectivity index (χ3n) is 2.34. The standard InChI is InChI=1S/C9H9FN2O3/c10-6-1-2-8(12(14)15)9(3-6)11-4-7(13)5-11/h1-3,7,13H,4-5H2. The van der Waals surface area contributed by atoms with Crippen LogP contribution in [0.2, 0.25) is 0 Å². The van der Waals surface area contributed by atoms with E-state index in [4.69, 9.17) is 5.11 Å². The molecule has 2 rings (SSSR count). The number of hydrogen-bond acceptors (Lipinski definition) is 4. The summed E-state index contributed by atoms with van der Waals surface area (Å²) in [6.07, 6.45) is -0.479. The van der Waals surface area contributed by atoms with Gasteiger partial charge in [-0.1, -0.05) is 0 Å². The smallest absolute Gasteiger partial charge is 0.292 e. The van der Waals surface area contributed by atoms with Crippen LogP contribution in [-0.2, 0) is 0 Å². The quantitative estimate of drug-likeness (QED) is 0.584. The second-order valence-corrected chi connectivity index (χ2v) is 3.45. The van der Waals surface area contributed by atoms with Crippen LogP contribution in [0, 0.1) is 15.9 Å². The number of aliphatic hydroxyl groups excluding tert-OH is 1. The van der Waals surface area contributed by atoms with E-state index in [0.717, 1.165) is 18.2 Å². The minimum atomic E-state index is -0.556. The van der Waals surface area contributed by atoms with Gasteiger partial charge in [0, 0.05) is 25.2 Å². The maximum absolute atomic E-state index is 12.9. The summed E-state index contributed by atoms with van der Waals surface area (Å²) in [6.45, 7) is 0.620. The van der Waals surface area contributed by atoms with Crippen molar-refractivity contribution in [1.82, 2.24) is 0 Å². The molecule has 1 saturated heterocycles. The fourth-order valence-electron chi connectivity index (χ4n) is 1.56. The molecule has 1 aromatic rings. The third kappa shape index (κ3) is 1.75. The highest BCUT2D eigenvalue weighted by Gasteiger charge is 2.30.